The average molecular weight is 588 g/mol. The van der Waals surface area contributed by atoms with Crippen LogP contribution < -0.4 is 10.2 Å². The van der Waals surface area contributed by atoms with Crippen LogP contribution in [0.5, 0.6) is 0 Å². The first-order chi connectivity index (χ1) is 19.5. The van der Waals surface area contributed by atoms with Crippen LogP contribution in [0.3, 0.4) is 0 Å². The van der Waals surface area contributed by atoms with Crippen molar-refractivity contribution in [3.8, 4) is 5.69 Å². The van der Waals surface area contributed by atoms with Crippen LogP contribution in [0.15, 0.2) is 67.0 Å². The number of rotatable bonds is 6. The number of hydrogen-bond acceptors (Lipinski definition) is 5. The minimum absolute atomic E-state index is 0.130. The van der Waals surface area contributed by atoms with Crippen LogP contribution in [0.4, 0.5) is 5.82 Å². The van der Waals surface area contributed by atoms with Crippen LogP contribution in [0.1, 0.15) is 59.5 Å². The lowest BCUT2D eigenvalue weighted by atomic mass is 9.87. The fourth-order valence-electron chi connectivity index (χ4n) is 5.04. The summed E-state index contributed by atoms with van der Waals surface area (Å²) in [7, 11) is 0. The zero-order chi connectivity index (χ0) is 29.3. The first-order valence-electron chi connectivity index (χ1n) is 13.6. The third-order valence-electron chi connectivity index (χ3n) is 7.27. The maximum absolute atomic E-state index is 13.9. The Hall–Kier alpha value is -3.62. The molecule has 1 aliphatic rings. The summed E-state index contributed by atoms with van der Waals surface area (Å²) in [5.41, 5.74) is 6.39. The molecule has 7 nitrogen and oxygen atoms in total. The van der Waals surface area contributed by atoms with Gasteiger partial charge < -0.3 is 5.32 Å². The number of fused-ring (bicyclic) bond motifs is 1. The molecule has 3 heterocycles. The van der Waals surface area contributed by atoms with E-state index in [-0.39, 0.29) is 34.8 Å². The second-order valence-corrected chi connectivity index (χ2v) is 12.9. The van der Waals surface area contributed by atoms with Gasteiger partial charge in [-0.1, -0.05) is 62.7 Å². The van der Waals surface area contributed by atoms with Crippen molar-refractivity contribution >= 4 is 41.0 Å². The summed E-state index contributed by atoms with van der Waals surface area (Å²) >= 11 is 7.99. The Morgan fingerprint density at radius 3 is 2.61 bits per heavy atom. The van der Waals surface area contributed by atoms with Crippen molar-refractivity contribution in [2.24, 2.45) is 0 Å². The lowest BCUT2D eigenvalue weighted by molar-refractivity contribution is -0.123. The molecule has 2 amide bonds. The number of hydrogen-bond donors (Lipinski definition) is 1. The van der Waals surface area contributed by atoms with E-state index in [2.05, 4.69) is 51.0 Å². The van der Waals surface area contributed by atoms with Crippen LogP contribution in [-0.4, -0.2) is 38.9 Å². The molecule has 0 aliphatic carbocycles. The molecule has 0 radical (unpaired) electrons. The average Bonchev–Trinajstić information content (AvgIpc) is 3.27. The highest BCUT2D eigenvalue weighted by Gasteiger charge is 2.40. The van der Waals surface area contributed by atoms with E-state index in [1.807, 2.05) is 53.2 Å². The van der Waals surface area contributed by atoms with Crippen molar-refractivity contribution in [3.63, 3.8) is 0 Å². The van der Waals surface area contributed by atoms with E-state index >= 15 is 0 Å². The smallest absolute Gasteiger partial charge is 0.240 e. The fraction of sp³-hybridized carbons (Fsp3) is 0.312. The molecule has 1 atom stereocenters. The second-order valence-electron chi connectivity index (χ2n) is 11.3. The van der Waals surface area contributed by atoms with Crippen LogP contribution in [0, 0.1) is 13.8 Å². The van der Waals surface area contributed by atoms with Gasteiger partial charge in [-0.3, -0.25) is 19.5 Å². The summed E-state index contributed by atoms with van der Waals surface area (Å²) < 4.78 is 1.87. The Morgan fingerprint density at radius 1 is 1.12 bits per heavy atom. The lowest BCUT2D eigenvalue weighted by Gasteiger charge is -2.25. The van der Waals surface area contributed by atoms with Gasteiger partial charge in [0.1, 0.15) is 12.4 Å². The topological polar surface area (TPSA) is 80.1 Å². The van der Waals surface area contributed by atoms with Gasteiger partial charge in [-0.25, -0.2) is 4.68 Å². The van der Waals surface area contributed by atoms with Crippen LogP contribution in [0.25, 0.3) is 5.69 Å². The number of aryl methyl sites for hydroxylation is 1. The molecule has 41 heavy (non-hydrogen) atoms. The van der Waals surface area contributed by atoms with Gasteiger partial charge in [-0.2, -0.15) is 5.10 Å². The van der Waals surface area contributed by atoms with Gasteiger partial charge in [0, 0.05) is 34.9 Å². The summed E-state index contributed by atoms with van der Waals surface area (Å²) in [4.78, 5) is 32.9. The maximum Gasteiger partial charge on any atom is 0.240 e. The molecule has 2 aromatic carbocycles. The fourth-order valence-corrected chi connectivity index (χ4v) is 6.43. The van der Waals surface area contributed by atoms with E-state index in [1.165, 1.54) is 0 Å². The molecule has 2 aromatic heterocycles. The quantitative estimate of drug-likeness (QED) is 0.285. The van der Waals surface area contributed by atoms with Crippen LogP contribution in [-0.2, 0) is 21.5 Å². The maximum atomic E-state index is 13.9. The number of anilines is 1. The Morgan fingerprint density at radius 2 is 1.90 bits per heavy atom. The third-order valence-corrected chi connectivity index (χ3v) is 8.76. The van der Waals surface area contributed by atoms with Crippen molar-refractivity contribution in [2.75, 3.05) is 17.2 Å². The molecule has 0 saturated carbocycles. The summed E-state index contributed by atoms with van der Waals surface area (Å²) in [6.45, 7) is 10.7. The largest absolute Gasteiger partial charge is 0.350 e. The van der Waals surface area contributed by atoms with Gasteiger partial charge >= 0.3 is 0 Å². The standard InChI is InChI=1S/C32H34ClN5O2S/c1-20-9-6-13-25(21(20)2)38-31-28(30(36-38)32(3,4)5)29(23-11-7-12-24(33)15-23)41-19-27(40)37(31)18-26(39)35-17-22-10-8-14-34-16-22/h6-16,29H,17-19H2,1-5H3,(H,35,39)/t29-/m0/s1. The summed E-state index contributed by atoms with van der Waals surface area (Å²) in [5, 5.41) is 8.58. The summed E-state index contributed by atoms with van der Waals surface area (Å²) in [6.07, 6.45) is 3.41. The number of benzene rings is 2. The SMILES string of the molecule is Cc1cccc(-n2nc(C(C)(C)C)c3c2N(CC(=O)NCc2cccnc2)C(=O)CS[C@H]3c2cccc(Cl)c2)c1C. The Balaban J connectivity index is 1.69. The molecule has 0 fully saturated rings. The normalized spacial score (nSPS) is 15.4. The van der Waals surface area contributed by atoms with Crippen molar-refractivity contribution in [1.82, 2.24) is 20.1 Å². The highest BCUT2D eigenvalue weighted by Crippen LogP contribution is 2.48. The molecule has 0 bridgehead atoms. The molecule has 0 unspecified atom stereocenters. The van der Waals surface area contributed by atoms with Crippen molar-refractivity contribution < 1.29 is 9.59 Å². The van der Waals surface area contributed by atoms with Crippen molar-refractivity contribution in [1.29, 1.82) is 0 Å². The number of carbonyl (C=O) groups is 2. The number of pyridine rings is 1. The number of nitrogens with zero attached hydrogens (tertiary/aromatic N) is 4. The highest BCUT2D eigenvalue weighted by atomic mass is 35.5. The van der Waals surface area contributed by atoms with E-state index < -0.39 is 0 Å². The van der Waals surface area contributed by atoms with Gasteiger partial charge in [0.05, 0.1) is 22.4 Å². The predicted octanol–water partition coefficient (Wildman–Crippen LogP) is 6.32. The molecule has 1 aliphatic heterocycles. The van der Waals surface area contributed by atoms with Gasteiger partial charge in [0.2, 0.25) is 11.8 Å². The van der Waals surface area contributed by atoms with E-state index in [9.17, 15) is 9.59 Å². The molecular weight excluding hydrogens is 554 g/mol. The molecule has 1 N–H and O–H groups in total. The van der Waals surface area contributed by atoms with E-state index in [4.69, 9.17) is 16.7 Å². The van der Waals surface area contributed by atoms with Crippen molar-refractivity contribution in [3.05, 3.63) is 106 Å². The zero-order valence-electron chi connectivity index (χ0n) is 23.9. The first kappa shape index (κ1) is 28.9. The Bertz CT molecular complexity index is 1600. The highest BCUT2D eigenvalue weighted by molar-refractivity contribution is 8.00. The second kappa shape index (κ2) is 11.7. The Kier molecular flexibility index (Phi) is 8.25. The first-order valence-corrected chi connectivity index (χ1v) is 15.0. The minimum atomic E-state index is -0.341. The number of nitrogens with one attached hydrogen (secondary N) is 1. The summed E-state index contributed by atoms with van der Waals surface area (Å²) in [6, 6.07) is 17.6. The predicted molar refractivity (Wildman–Crippen MR) is 166 cm³/mol. The zero-order valence-corrected chi connectivity index (χ0v) is 25.5. The number of halogens is 1. The van der Waals surface area contributed by atoms with Gasteiger partial charge in [-0.05, 0) is 60.4 Å². The minimum Gasteiger partial charge on any atom is -0.350 e. The van der Waals surface area contributed by atoms with Crippen molar-refractivity contribution in [2.45, 2.75) is 51.8 Å². The number of aromatic nitrogens is 3. The molecular formula is C32H34ClN5O2S. The van der Waals surface area contributed by atoms with Gasteiger partial charge in [-0.15, -0.1) is 11.8 Å². The van der Waals surface area contributed by atoms with Gasteiger partial charge in [0.15, 0.2) is 0 Å². The molecule has 4 aromatic rings. The number of carbonyl (C=O) groups excluding carboxylic acids is 2. The van der Waals surface area contributed by atoms with Gasteiger partial charge in [0.25, 0.3) is 0 Å². The molecule has 5 rings (SSSR count). The number of amides is 2. The molecule has 9 heteroatoms. The molecule has 0 spiro atoms. The summed E-state index contributed by atoms with van der Waals surface area (Å²) in [5.74, 6) is 0.424. The van der Waals surface area contributed by atoms with Crippen LogP contribution in [0.2, 0.25) is 5.02 Å². The Labute approximate surface area is 250 Å². The van der Waals surface area contributed by atoms with E-state index in [1.54, 1.807) is 29.1 Å². The third kappa shape index (κ3) is 6.04. The molecule has 0 saturated heterocycles. The molecule has 212 valence electrons. The van der Waals surface area contributed by atoms with E-state index in [0.717, 1.165) is 39.2 Å². The lowest BCUT2D eigenvalue weighted by Crippen LogP contribution is -2.42. The monoisotopic (exact) mass is 587 g/mol. The van der Waals surface area contributed by atoms with E-state index in [0.29, 0.717) is 17.4 Å². The van der Waals surface area contributed by atoms with Crippen LogP contribution >= 0.6 is 23.4 Å². The number of thioether (sulfide) groups is 1.